The van der Waals surface area contributed by atoms with Crippen LogP contribution in [0, 0.1) is 0 Å². The number of ether oxygens (including phenoxy) is 2. The summed E-state index contributed by atoms with van der Waals surface area (Å²) in [7, 11) is -4.28. The van der Waals surface area contributed by atoms with Gasteiger partial charge in [0, 0.05) is 6.08 Å². The summed E-state index contributed by atoms with van der Waals surface area (Å²) >= 11 is 0. The number of hydrogen-bond donors (Lipinski definition) is 0. The third-order valence-electron chi connectivity index (χ3n) is 4.65. The van der Waals surface area contributed by atoms with Gasteiger partial charge in [0.15, 0.2) is 0 Å². The van der Waals surface area contributed by atoms with E-state index >= 15 is 0 Å². The monoisotopic (exact) mass is 481 g/mol. The van der Waals surface area contributed by atoms with Crippen LogP contribution in [0.2, 0.25) is 0 Å². The van der Waals surface area contributed by atoms with Crippen molar-refractivity contribution in [2.45, 2.75) is 6.61 Å². The number of rotatable bonds is 8. The average molecular weight is 481 g/mol. The van der Waals surface area contributed by atoms with Crippen molar-refractivity contribution in [2.75, 3.05) is 19.8 Å². The standard InChI is InChI=1S/C25H24NO7P/c27-25(30-20-21-10-4-1-5-11-21)26-17-19-29-18-16-24(26)33-34(28,31-22-12-6-2-7-13-22)32-23-14-8-3-9-15-23/h1-16H,17-20H2. The fraction of sp³-hybridized carbons (Fsp3) is 0.160. The maximum Gasteiger partial charge on any atom is 0.648 e. The van der Waals surface area contributed by atoms with E-state index in [2.05, 4.69) is 0 Å². The molecule has 0 aliphatic carbocycles. The van der Waals surface area contributed by atoms with Gasteiger partial charge in [-0.15, -0.1) is 0 Å². The van der Waals surface area contributed by atoms with Gasteiger partial charge in [-0.1, -0.05) is 66.7 Å². The Hall–Kier alpha value is -3.74. The second kappa shape index (κ2) is 11.4. The zero-order valence-corrected chi connectivity index (χ0v) is 19.2. The van der Waals surface area contributed by atoms with Crippen molar-refractivity contribution in [1.82, 2.24) is 4.90 Å². The van der Waals surface area contributed by atoms with Crippen LogP contribution in [0.3, 0.4) is 0 Å². The van der Waals surface area contributed by atoms with E-state index in [-0.39, 0.29) is 43.7 Å². The largest absolute Gasteiger partial charge is 0.648 e. The second-order valence-electron chi connectivity index (χ2n) is 7.16. The molecule has 0 saturated heterocycles. The third kappa shape index (κ3) is 6.63. The molecular weight excluding hydrogens is 457 g/mol. The first-order valence-electron chi connectivity index (χ1n) is 10.7. The normalized spacial score (nSPS) is 13.9. The Balaban J connectivity index is 1.54. The van der Waals surface area contributed by atoms with Crippen molar-refractivity contribution in [1.29, 1.82) is 0 Å². The van der Waals surface area contributed by atoms with E-state index in [9.17, 15) is 9.36 Å². The molecule has 0 N–H and O–H groups in total. The summed E-state index contributed by atoms with van der Waals surface area (Å²) < 4.78 is 41.7. The van der Waals surface area contributed by atoms with E-state index in [1.54, 1.807) is 60.7 Å². The topological polar surface area (TPSA) is 83.5 Å². The fourth-order valence-electron chi connectivity index (χ4n) is 3.05. The molecule has 9 heteroatoms. The Morgan fingerprint density at radius 1 is 0.824 bits per heavy atom. The van der Waals surface area contributed by atoms with Crippen LogP contribution in [0.15, 0.2) is 103 Å². The number of carbonyl (C=O) groups excluding carboxylic acids is 1. The van der Waals surface area contributed by atoms with Crippen LogP contribution < -0.4 is 9.05 Å². The number of hydrogen-bond acceptors (Lipinski definition) is 7. The van der Waals surface area contributed by atoms with Gasteiger partial charge in [-0.2, -0.15) is 4.57 Å². The molecule has 0 unspecified atom stereocenters. The van der Waals surface area contributed by atoms with Crippen molar-refractivity contribution >= 4 is 13.9 Å². The molecular formula is C25H24NO7P. The van der Waals surface area contributed by atoms with E-state index in [4.69, 9.17) is 23.0 Å². The molecule has 0 spiro atoms. The Morgan fingerprint density at radius 3 is 1.97 bits per heavy atom. The van der Waals surface area contributed by atoms with Gasteiger partial charge in [-0.25, -0.2) is 9.69 Å². The molecule has 34 heavy (non-hydrogen) atoms. The first-order valence-corrected chi connectivity index (χ1v) is 12.1. The number of benzene rings is 3. The summed E-state index contributed by atoms with van der Waals surface area (Å²) in [6.07, 6.45) is 0.818. The number of carbonyl (C=O) groups is 1. The fourth-order valence-corrected chi connectivity index (χ4v) is 4.32. The summed E-state index contributed by atoms with van der Waals surface area (Å²) in [6, 6.07) is 26.3. The minimum atomic E-state index is -4.28. The lowest BCUT2D eigenvalue weighted by molar-refractivity contribution is 0.0795. The van der Waals surface area contributed by atoms with Crippen LogP contribution in [-0.4, -0.2) is 30.8 Å². The lowest BCUT2D eigenvalue weighted by Gasteiger charge is -2.26. The summed E-state index contributed by atoms with van der Waals surface area (Å²) in [6.45, 7) is 0.598. The van der Waals surface area contributed by atoms with Crippen LogP contribution >= 0.6 is 7.82 Å². The Labute approximate surface area is 197 Å². The van der Waals surface area contributed by atoms with E-state index in [0.717, 1.165) is 5.56 Å². The minimum Gasteiger partial charge on any atom is -0.444 e. The van der Waals surface area contributed by atoms with Crippen LogP contribution in [0.25, 0.3) is 0 Å². The van der Waals surface area contributed by atoms with Gasteiger partial charge in [-0.3, -0.25) is 0 Å². The van der Waals surface area contributed by atoms with E-state index in [0.29, 0.717) is 0 Å². The molecule has 0 radical (unpaired) electrons. The number of phosphoric acid groups is 1. The van der Waals surface area contributed by atoms with Gasteiger partial charge in [0.2, 0.25) is 5.88 Å². The molecule has 0 saturated carbocycles. The molecule has 1 amide bonds. The molecule has 0 aromatic heterocycles. The van der Waals surface area contributed by atoms with Crippen LogP contribution in [0.4, 0.5) is 4.79 Å². The molecule has 1 aliphatic heterocycles. The first kappa shape index (κ1) is 23.4. The molecule has 0 atom stereocenters. The Bertz CT molecular complexity index is 1090. The van der Waals surface area contributed by atoms with Gasteiger partial charge in [0.25, 0.3) is 0 Å². The summed E-state index contributed by atoms with van der Waals surface area (Å²) in [4.78, 5) is 14.1. The number of para-hydroxylation sites is 2. The molecule has 1 heterocycles. The van der Waals surface area contributed by atoms with Crippen molar-refractivity contribution in [3.63, 3.8) is 0 Å². The average Bonchev–Trinajstić information content (AvgIpc) is 3.09. The number of phosphoric ester groups is 1. The number of nitrogens with zero attached hydrogens (tertiary/aromatic N) is 1. The Kier molecular flexibility index (Phi) is 7.86. The maximum atomic E-state index is 13.8. The Morgan fingerprint density at radius 2 is 1.38 bits per heavy atom. The van der Waals surface area contributed by atoms with Gasteiger partial charge in [0.05, 0.1) is 19.8 Å². The smallest absolute Gasteiger partial charge is 0.444 e. The maximum absolute atomic E-state index is 13.8. The molecule has 3 aromatic carbocycles. The summed E-state index contributed by atoms with van der Waals surface area (Å²) in [5.74, 6) is 0.529. The highest BCUT2D eigenvalue weighted by molar-refractivity contribution is 7.49. The van der Waals surface area contributed by atoms with E-state index in [1.807, 2.05) is 30.3 Å². The third-order valence-corrected chi connectivity index (χ3v) is 5.93. The molecule has 1 aliphatic rings. The van der Waals surface area contributed by atoms with Gasteiger partial charge in [0.1, 0.15) is 18.1 Å². The van der Waals surface area contributed by atoms with Crippen molar-refractivity contribution in [3.05, 3.63) is 109 Å². The van der Waals surface area contributed by atoms with Gasteiger partial charge >= 0.3 is 13.9 Å². The van der Waals surface area contributed by atoms with Crippen LogP contribution in [0.1, 0.15) is 5.56 Å². The minimum absolute atomic E-state index is 0.0363. The molecule has 0 bridgehead atoms. The molecule has 4 rings (SSSR count). The van der Waals surface area contributed by atoms with E-state index < -0.39 is 13.9 Å². The van der Waals surface area contributed by atoms with Crippen molar-refractivity contribution in [3.8, 4) is 11.5 Å². The highest BCUT2D eigenvalue weighted by Gasteiger charge is 2.37. The zero-order chi connectivity index (χ0) is 23.6. The SMILES string of the molecule is O=C(OCc1ccccc1)N1CCOCC=C1OP(=O)(Oc1ccccc1)Oc1ccccc1. The molecule has 176 valence electrons. The predicted molar refractivity (Wildman–Crippen MR) is 125 cm³/mol. The lowest BCUT2D eigenvalue weighted by Crippen LogP contribution is -2.33. The highest BCUT2D eigenvalue weighted by Crippen LogP contribution is 2.51. The van der Waals surface area contributed by atoms with Crippen LogP contribution in [0.5, 0.6) is 11.5 Å². The van der Waals surface area contributed by atoms with Gasteiger partial charge in [-0.05, 0) is 29.8 Å². The predicted octanol–water partition coefficient (Wildman–Crippen LogP) is 5.78. The van der Waals surface area contributed by atoms with Crippen molar-refractivity contribution < 1.29 is 32.4 Å². The summed E-state index contributed by atoms with van der Waals surface area (Å²) in [5.41, 5.74) is 0.832. The summed E-state index contributed by atoms with van der Waals surface area (Å²) in [5, 5.41) is 0. The van der Waals surface area contributed by atoms with Crippen LogP contribution in [-0.2, 0) is 25.2 Å². The lowest BCUT2D eigenvalue weighted by atomic mass is 10.2. The molecule has 0 fully saturated rings. The van der Waals surface area contributed by atoms with E-state index in [1.165, 1.54) is 11.0 Å². The highest BCUT2D eigenvalue weighted by atomic mass is 31.2. The first-order chi connectivity index (χ1) is 16.6. The second-order valence-corrected chi connectivity index (χ2v) is 8.60. The van der Waals surface area contributed by atoms with Crippen molar-refractivity contribution in [2.24, 2.45) is 0 Å². The molecule has 3 aromatic rings. The zero-order valence-electron chi connectivity index (χ0n) is 18.3. The molecule has 8 nitrogen and oxygen atoms in total. The van der Waals surface area contributed by atoms with Gasteiger partial charge < -0.3 is 23.0 Å². The number of amides is 1. The quantitative estimate of drug-likeness (QED) is 0.377.